The van der Waals surface area contributed by atoms with Crippen molar-refractivity contribution in [3.8, 4) is 5.69 Å². The number of rotatable bonds is 4. The number of amides is 1. The molecule has 3 rings (SSSR count). The summed E-state index contributed by atoms with van der Waals surface area (Å²) in [6.45, 7) is 4.61. The van der Waals surface area contributed by atoms with Gasteiger partial charge in [0.15, 0.2) is 0 Å². The molecule has 1 amide bonds. The SMILES string of the molecule is Cc1ccccc1-n1ncc(C(=O)NC2CCCC2CN)c1C.Cl. The van der Waals surface area contributed by atoms with Crippen LogP contribution in [0.3, 0.4) is 0 Å². The lowest BCUT2D eigenvalue weighted by atomic mass is 10.0. The fourth-order valence-electron chi connectivity index (χ4n) is 3.43. The van der Waals surface area contributed by atoms with E-state index < -0.39 is 0 Å². The van der Waals surface area contributed by atoms with Gasteiger partial charge in [-0.25, -0.2) is 4.68 Å². The number of aryl methyl sites for hydroxylation is 1. The maximum absolute atomic E-state index is 12.6. The molecule has 0 saturated heterocycles. The van der Waals surface area contributed by atoms with Crippen molar-refractivity contribution in [3.63, 3.8) is 0 Å². The quantitative estimate of drug-likeness (QED) is 0.892. The van der Waals surface area contributed by atoms with E-state index in [4.69, 9.17) is 5.73 Å². The molecule has 6 heteroatoms. The fourth-order valence-corrected chi connectivity index (χ4v) is 3.43. The van der Waals surface area contributed by atoms with E-state index >= 15 is 0 Å². The minimum Gasteiger partial charge on any atom is -0.349 e. The molecular weight excluding hydrogens is 324 g/mol. The topological polar surface area (TPSA) is 72.9 Å². The van der Waals surface area contributed by atoms with Crippen molar-refractivity contribution in [1.29, 1.82) is 0 Å². The van der Waals surface area contributed by atoms with Crippen LogP contribution >= 0.6 is 12.4 Å². The number of halogens is 1. The number of carbonyl (C=O) groups excluding carboxylic acids is 1. The Bertz CT molecular complexity index is 713. The Kier molecular flexibility index (Phi) is 6.02. The van der Waals surface area contributed by atoms with Gasteiger partial charge in [-0.1, -0.05) is 24.6 Å². The molecule has 130 valence electrons. The van der Waals surface area contributed by atoms with Crippen LogP contribution in [0.15, 0.2) is 30.5 Å². The second-order valence-electron chi connectivity index (χ2n) is 6.35. The molecule has 1 aliphatic rings. The van der Waals surface area contributed by atoms with Gasteiger partial charge in [0.25, 0.3) is 5.91 Å². The molecule has 0 bridgehead atoms. The Morgan fingerprint density at radius 3 is 2.79 bits per heavy atom. The van der Waals surface area contributed by atoms with Gasteiger partial charge in [0.1, 0.15) is 0 Å². The Balaban J connectivity index is 0.00000208. The first-order chi connectivity index (χ1) is 11.1. The van der Waals surface area contributed by atoms with Gasteiger partial charge in [0.2, 0.25) is 0 Å². The standard InChI is InChI=1S/C18H24N4O.ClH/c1-12-6-3-4-9-17(12)22-13(2)15(11-20-22)18(23)21-16-8-5-7-14(16)10-19;/h3-4,6,9,11,14,16H,5,7-8,10,19H2,1-2H3,(H,21,23);1H. The van der Waals surface area contributed by atoms with Gasteiger partial charge >= 0.3 is 0 Å². The van der Waals surface area contributed by atoms with Crippen LogP contribution in [0.25, 0.3) is 5.69 Å². The zero-order valence-electron chi connectivity index (χ0n) is 14.2. The van der Waals surface area contributed by atoms with Crippen LogP contribution in [0.4, 0.5) is 0 Å². The summed E-state index contributed by atoms with van der Waals surface area (Å²) in [6.07, 6.45) is 4.90. The number of nitrogens with zero attached hydrogens (tertiary/aromatic N) is 2. The average Bonchev–Trinajstić information content (AvgIpc) is 3.14. The molecular formula is C18H25ClN4O. The van der Waals surface area contributed by atoms with Crippen molar-refractivity contribution >= 4 is 18.3 Å². The van der Waals surface area contributed by atoms with Gasteiger partial charge < -0.3 is 11.1 Å². The number of hydrogen-bond acceptors (Lipinski definition) is 3. The molecule has 1 aromatic heterocycles. The zero-order chi connectivity index (χ0) is 16.4. The monoisotopic (exact) mass is 348 g/mol. The number of para-hydroxylation sites is 1. The number of carbonyl (C=O) groups is 1. The predicted molar refractivity (Wildman–Crippen MR) is 97.9 cm³/mol. The maximum atomic E-state index is 12.6. The summed E-state index contributed by atoms with van der Waals surface area (Å²) >= 11 is 0. The highest BCUT2D eigenvalue weighted by atomic mass is 35.5. The highest BCUT2D eigenvalue weighted by Gasteiger charge is 2.28. The Morgan fingerprint density at radius 1 is 1.33 bits per heavy atom. The molecule has 24 heavy (non-hydrogen) atoms. The molecule has 2 aromatic rings. The van der Waals surface area contributed by atoms with Crippen LogP contribution in [0.2, 0.25) is 0 Å². The van der Waals surface area contributed by atoms with Gasteiger partial charge in [0.05, 0.1) is 23.1 Å². The summed E-state index contributed by atoms with van der Waals surface area (Å²) in [5, 5.41) is 7.56. The number of hydrogen-bond donors (Lipinski definition) is 2. The van der Waals surface area contributed by atoms with Gasteiger partial charge in [-0.05, 0) is 50.8 Å². The predicted octanol–water partition coefficient (Wildman–Crippen LogP) is 2.77. The summed E-state index contributed by atoms with van der Waals surface area (Å²) in [4.78, 5) is 12.6. The second kappa shape index (κ2) is 7.81. The summed E-state index contributed by atoms with van der Waals surface area (Å²) in [6, 6.07) is 8.22. The molecule has 0 aliphatic heterocycles. The fraction of sp³-hybridized carbons (Fsp3) is 0.444. The van der Waals surface area contributed by atoms with E-state index in [9.17, 15) is 4.79 Å². The Morgan fingerprint density at radius 2 is 2.08 bits per heavy atom. The van der Waals surface area contributed by atoms with Crippen LogP contribution < -0.4 is 11.1 Å². The summed E-state index contributed by atoms with van der Waals surface area (Å²) in [7, 11) is 0. The third kappa shape index (κ3) is 3.47. The first-order valence-corrected chi connectivity index (χ1v) is 8.23. The molecule has 1 saturated carbocycles. The van der Waals surface area contributed by atoms with Gasteiger partial charge in [-0.3, -0.25) is 4.79 Å². The molecule has 0 spiro atoms. The number of aromatic nitrogens is 2. The third-order valence-electron chi connectivity index (χ3n) is 4.88. The zero-order valence-corrected chi connectivity index (χ0v) is 15.0. The third-order valence-corrected chi connectivity index (χ3v) is 4.88. The van der Waals surface area contributed by atoms with Crippen LogP contribution in [0.5, 0.6) is 0 Å². The lowest BCUT2D eigenvalue weighted by Crippen LogP contribution is -2.40. The Hall–Kier alpha value is -1.85. The van der Waals surface area contributed by atoms with Crippen LogP contribution in [-0.4, -0.2) is 28.3 Å². The largest absolute Gasteiger partial charge is 0.349 e. The molecule has 5 nitrogen and oxygen atoms in total. The molecule has 2 unspecified atom stereocenters. The van der Waals surface area contributed by atoms with Crippen molar-refractivity contribution in [2.75, 3.05) is 6.54 Å². The molecule has 3 N–H and O–H groups in total. The van der Waals surface area contributed by atoms with Gasteiger partial charge in [-0.15, -0.1) is 12.4 Å². The van der Waals surface area contributed by atoms with E-state index in [1.54, 1.807) is 6.20 Å². The van der Waals surface area contributed by atoms with Crippen molar-refractivity contribution in [2.24, 2.45) is 11.7 Å². The molecule has 2 atom stereocenters. The van der Waals surface area contributed by atoms with E-state index in [0.717, 1.165) is 36.2 Å². The van der Waals surface area contributed by atoms with Crippen molar-refractivity contribution in [2.45, 2.75) is 39.2 Å². The minimum atomic E-state index is -0.0484. The smallest absolute Gasteiger partial charge is 0.254 e. The van der Waals surface area contributed by atoms with Crippen molar-refractivity contribution in [3.05, 3.63) is 47.3 Å². The van der Waals surface area contributed by atoms with E-state index in [0.29, 0.717) is 18.0 Å². The van der Waals surface area contributed by atoms with Crippen LogP contribution in [0, 0.1) is 19.8 Å². The first-order valence-electron chi connectivity index (χ1n) is 8.23. The lowest BCUT2D eigenvalue weighted by Gasteiger charge is -2.19. The summed E-state index contributed by atoms with van der Waals surface area (Å²) in [5.74, 6) is 0.346. The number of nitrogens with one attached hydrogen (secondary N) is 1. The number of nitrogens with two attached hydrogens (primary N) is 1. The number of benzene rings is 1. The van der Waals surface area contributed by atoms with Gasteiger partial charge in [-0.2, -0.15) is 5.10 Å². The molecule has 0 radical (unpaired) electrons. The molecule has 1 heterocycles. The highest BCUT2D eigenvalue weighted by Crippen LogP contribution is 2.25. The summed E-state index contributed by atoms with van der Waals surface area (Å²) < 4.78 is 1.83. The van der Waals surface area contributed by atoms with Gasteiger partial charge in [0, 0.05) is 6.04 Å². The first kappa shape index (κ1) is 18.5. The van der Waals surface area contributed by atoms with E-state index in [2.05, 4.69) is 10.4 Å². The second-order valence-corrected chi connectivity index (χ2v) is 6.35. The van der Waals surface area contributed by atoms with Crippen molar-refractivity contribution in [1.82, 2.24) is 15.1 Å². The molecule has 1 aromatic carbocycles. The van der Waals surface area contributed by atoms with Crippen molar-refractivity contribution < 1.29 is 4.79 Å². The average molecular weight is 349 g/mol. The van der Waals surface area contributed by atoms with Crippen LogP contribution in [-0.2, 0) is 0 Å². The molecule has 1 fully saturated rings. The van der Waals surface area contributed by atoms with Crippen LogP contribution in [0.1, 0.15) is 40.9 Å². The summed E-state index contributed by atoms with van der Waals surface area (Å²) in [5.41, 5.74) is 9.43. The Labute approximate surface area is 149 Å². The minimum absolute atomic E-state index is 0. The maximum Gasteiger partial charge on any atom is 0.254 e. The van der Waals surface area contributed by atoms with E-state index in [1.165, 1.54) is 0 Å². The molecule has 1 aliphatic carbocycles. The van der Waals surface area contributed by atoms with E-state index in [-0.39, 0.29) is 24.4 Å². The highest BCUT2D eigenvalue weighted by molar-refractivity contribution is 5.95. The lowest BCUT2D eigenvalue weighted by molar-refractivity contribution is 0.0928. The van der Waals surface area contributed by atoms with E-state index in [1.807, 2.05) is 42.8 Å². The normalized spacial score (nSPS) is 19.8.